The first-order valence-electron chi connectivity index (χ1n) is 8.84. The second kappa shape index (κ2) is 11.7. The molecule has 1 N–H and O–H groups in total. The van der Waals surface area contributed by atoms with E-state index in [0.29, 0.717) is 0 Å². The number of hydrogen-bond donors (Lipinski definition) is 1. The van der Waals surface area contributed by atoms with Crippen LogP contribution in [-0.2, 0) is 0 Å². The second-order valence-corrected chi connectivity index (χ2v) is 6.25. The van der Waals surface area contributed by atoms with Crippen molar-refractivity contribution < 1.29 is 5.11 Å². The van der Waals surface area contributed by atoms with Crippen molar-refractivity contribution in [2.75, 3.05) is 0 Å². The lowest BCUT2D eigenvalue weighted by molar-refractivity contribution is 0.158. The molecule has 0 fully saturated rings. The summed E-state index contributed by atoms with van der Waals surface area (Å²) in [5, 5.41) is 10.1. The Bertz CT molecular complexity index is 347. The molecule has 0 aliphatic carbocycles. The van der Waals surface area contributed by atoms with E-state index in [-0.39, 0.29) is 6.10 Å². The fourth-order valence-electron chi connectivity index (χ4n) is 2.65. The molecule has 21 heavy (non-hydrogen) atoms. The van der Waals surface area contributed by atoms with E-state index >= 15 is 0 Å². The van der Waals surface area contributed by atoms with E-state index in [1.807, 2.05) is 25.3 Å². The average Bonchev–Trinajstić information content (AvgIpc) is 2.49. The molecule has 1 aromatic heterocycles. The molecule has 0 aromatic carbocycles. The van der Waals surface area contributed by atoms with Crippen molar-refractivity contribution in [1.82, 2.24) is 4.98 Å². The van der Waals surface area contributed by atoms with Crippen molar-refractivity contribution in [1.29, 1.82) is 0 Å². The van der Waals surface area contributed by atoms with Gasteiger partial charge in [-0.15, -0.1) is 0 Å². The summed E-state index contributed by atoms with van der Waals surface area (Å²) in [4.78, 5) is 4.29. The summed E-state index contributed by atoms with van der Waals surface area (Å²) in [7, 11) is 0. The van der Waals surface area contributed by atoms with Crippen molar-refractivity contribution in [3.8, 4) is 0 Å². The molecular weight excluding hydrogens is 258 g/mol. The molecule has 1 heterocycles. The molecule has 2 heteroatoms. The summed E-state index contributed by atoms with van der Waals surface area (Å²) >= 11 is 0. The number of aliphatic hydroxyl groups is 1. The summed E-state index contributed by atoms with van der Waals surface area (Å²) in [6.45, 7) is 4.28. The number of hydrogen-bond acceptors (Lipinski definition) is 2. The van der Waals surface area contributed by atoms with Gasteiger partial charge < -0.3 is 5.11 Å². The average molecular weight is 291 g/mol. The molecule has 0 saturated carbocycles. The monoisotopic (exact) mass is 291 g/mol. The molecule has 0 saturated heterocycles. The van der Waals surface area contributed by atoms with Gasteiger partial charge in [-0.25, -0.2) is 0 Å². The molecule has 0 spiro atoms. The third-order valence-electron chi connectivity index (χ3n) is 4.11. The topological polar surface area (TPSA) is 33.1 Å². The van der Waals surface area contributed by atoms with Gasteiger partial charge in [-0.1, -0.05) is 77.2 Å². The Kier molecular flexibility index (Phi) is 10.1. The van der Waals surface area contributed by atoms with Crippen molar-refractivity contribution >= 4 is 0 Å². The minimum Gasteiger partial charge on any atom is -0.387 e. The standard InChI is InChI=1S/C19H33NO/c1-3-4-5-6-7-8-9-10-11-12-13-19(21)18-15-14-17(2)16-20-18/h14-16,19,21H,3-13H2,1-2H3. The predicted molar refractivity (Wildman–Crippen MR) is 90.4 cm³/mol. The van der Waals surface area contributed by atoms with Crippen LogP contribution in [0.15, 0.2) is 18.3 Å². The highest BCUT2D eigenvalue weighted by Crippen LogP contribution is 2.19. The van der Waals surface area contributed by atoms with E-state index in [4.69, 9.17) is 0 Å². The van der Waals surface area contributed by atoms with Gasteiger partial charge in [-0.05, 0) is 25.0 Å². The maximum Gasteiger partial charge on any atom is 0.0959 e. The van der Waals surface area contributed by atoms with Crippen LogP contribution in [-0.4, -0.2) is 10.1 Å². The normalized spacial score (nSPS) is 12.5. The predicted octanol–water partition coefficient (Wildman–Crippen LogP) is 5.73. The van der Waals surface area contributed by atoms with Crippen molar-refractivity contribution in [3.05, 3.63) is 29.6 Å². The Morgan fingerprint density at radius 1 is 0.905 bits per heavy atom. The van der Waals surface area contributed by atoms with Crippen molar-refractivity contribution in [2.45, 2.75) is 90.6 Å². The van der Waals surface area contributed by atoms with E-state index < -0.39 is 0 Å². The van der Waals surface area contributed by atoms with Crippen LogP contribution in [0.4, 0.5) is 0 Å². The second-order valence-electron chi connectivity index (χ2n) is 6.25. The van der Waals surface area contributed by atoms with Crippen molar-refractivity contribution in [3.63, 3.8) is 0 Å². The zero-order valence-corrected chi connectivity index (χ0v) is 14.0. The first kappa shape index (κ1) is 18.2. The molecular formula is C19H33NO. The summed E-state index contributed by atoms with van der Waals surface area (Å²) in [5.41, 5.74) is 1.96. The van der Waals surface area contributed by atoms with Gasteiger partial charge in [-0.2, -0.15) is 0 Å². The molecule has 1 atom stereocenters. The molecule has 1 rings (SSSR count). The van der Waals surface area contributed by atoms with Crippen LogP contribution in [0.25, 0.3) is 0 Å². The smallest absolute Gasteiger partial charge is 0.0959 e. The van der Waals surface area contributed by atoms with Crippen LogP contribution in [0.1, 0.15) is 94.9 Å². The highest BCUT2D eigenvalue weighted by molar-refractivity contribution is 5.13. The highest BCUT2D eigenvalue weighted by atomic mass is 16.3. The SMILES string of the molecule is CCCCCCCCCCCCC(O)c1ccc(C)cn1. The fourth-order valence-corrected chi connectivity index (χ4v) is 2.65. The number of nitrogens with zero attached hydrogens (tertiary/aromatic N) is 1. The summed E-state index contributed by atoms with van der Waals surface area (Å²) in [6, 6.07) is 3.96. The summed E-state index contributed by atoms with van der Waals surface area (Å²) < 4.78 is 0. The quantitative estimate of drug-likeness (QED) is 0.498. The van der Waals surface area contributed by atoms with Crippen molar-refractivity contribution in [2.24, 2.45) is 0 Å². The number of rotatable bonds is 12. The maximum atomic E-state index is 10.1. The molecule has 0 bridgehead atoms. The van der Waals surface area contributed by atoms with Gasteiger partial charge in [0.2, 0.25) is 0 Å². The Hall–Kier alpha value is -0.890. The van der Waals surface area contributed by atoms with Gasteiger partial charge in [0, 0.05) is 6.20 Å². The zero-order chi connectivity index (χ0) is 15.3. The molecule has 0 aliphatic heterocycles. The van der Waals surface area contributed by atoms with E-state index in [9.17, 15) is 5.11 Å². The summed E-state index contributed by atoms with van der Waals surface area (Å²) in [6.07, 6.45) is 15.6. The van der Waals surface area contributed by atoms with Crippen LogP contribution in [0.3, 0.4) is 0 Å². The third-order valence-corrected chi connectivity index (χ3v) is 4.11. The number of pyridine rings is 1. The van der Waals surface area contributed by atoms with Crippen LogP contribution >= 0.6 is 0 Å². The molecule has 0 amide bonds. The maximum absolute atomic E-state index is 10.1. The minimum absolute atomic E-state index is 0.389. The molecule has 1 aromatic rings. The number of aryl methyl sites for hydroxylation is 1. The van der Waals surface area contributed by atoms with Gasteiger partial charge in [-0.3, -0.25) is 4.98 Å². The zero-order valence-electron chi connectivity index (χ0n) is 14.0. The fraction of sp³-hybridized carbons (Fsp3) is 0.737. The Morgan fingerprint density at radius 2 is 1.48 bits per heavy atom. The van der Waals surface area contributed by atoms with E-state index in [2.05, 4.69) is 11.9 Å². The molecule has 0 aliphatic rings. The van der Waals surface area contributed by atoms with Crippen LogP contribution in [0.2, 0.25) is 0 Å². The lowest BCUT2D eigenvalue weighted by Crippen LogP contribution is -2.00. The van der Waals surface area contributed by atoms with Gasteiger partial charge >= 0.3 is 0 Å². The minimum atomic E-state index is -0.389. The Labute approximate surface area is 131 Å². The van der Waals surface area contributed by atoms with Crippen LogP contribution in [0, 0.1) is 6.92 Å². The summed E-state index contributed by atoms with van der Waals surface area (Å²) in [5.74, 6) is 0. The molecule has 0 radical (unpaired) electrons. The first-order valence-corrected chi connectivity index (χ1v) is 8.84. The van der Waals surface area contributed by atoms with Crippen LogP contribution in [0.5, 0.6) is 0 Å². The largest absolute Gasteiger partial charge is 0.387 e. The highest BCUT2D eigenvalue weighted by Gasteiger charge is 2.07. The number of unbranched alkanes of at least 4 members (excludes halogenated alkanes) is 9. The molecule has 2 nitrogen and oxygen atoms in total. The van der Waals surface area contributed by atoms with Crippen LogP contribution < -0.4 is 0 Å². The van der Waals surface area contributed by atoms with Gasteiger partial charge in [0.05, 0.1) is 11.8 Å². The molecule has 120 valence electrons. The Balaban J connectivity index is 1.95. The van der Waals surface area contributed by atoms with E-state index in [1.165, 1.54) is 57.8 Å². The van der Waals surface area contributed by atoms with E-state index in [1.54, 1.807) is 0 Å². The first-order chi connectivity index (χ1) is 10.2. The van der Waals surface area contributed by atoms with E-state index in [0.717, 1.165) is 24.1 Å². The van der Waals surface area contributed by atoms with Gasteiger partial charge in [0.1, 0.15) is 0 Å². The Morgan fingerprint density at radius 3 is 2.00 bits per heavy atom. The van der Waals surface area contributed by atoms with Gasteiger partial charge in [0.25, 0.3) is 0 Å². The lowest BCUT2D eigenvalue weighted by atomic mass is 10.0. The molecule has 1 unspecified atom stereocenters. The lowest BCUT2D eigenvalue weighted by Gasteiger charge is -2.10. The van der Waals surface area contributed by atoms with Gasteiger partial charge in [0.15, 0.2) is 0 Å². The number of aliphatic hydroxyl groups excluding tert-OH is 1. The third kappa shape index (κ3) is 8.87. The number of aromatic nitrogens is 1.